The van der Waals surface area contributed by atoms with Gasteiger partial charge in [-0.1, -0.05) is 18.2 Å². The van der Waals surface area contributed by atoms with Crippen molar-refractivity contribution in [1.29, 1.82) is 0 Å². The van der Waals surface area contributed by atoms with Gasteiger partial charge in [0.15, 0.2) is 0 Å². The van der Waals surface area contributed by atoms with Crippen LogP contribution >= 0.6 is 0 Å². The van der Waals surface area contributed by atoms with Gasteiger partial charge in [-0.05, 0) is 73.0 Å². The average Bonchev–Trinajstić information content (AvgIpc) is 2.78. The fraction of sp³-hybridized carbons (Fsp3) is 0.174. The Hall–Kier alpha value is -3.33. The molecule has 5 nitrogen and oxygen atoms in total. The van der Waals surface area contributed by atoms with E-state index < -0.39 is 21.8 Å². The Morgan fingerprint density at radius 3 is 2.28 bits per heavy atom. The normalized spacial score (nSPS) is 14.0. The summed E-state index contributed by atoms with van der Waals surface area (Å²) in [5.74, 6) is -0.135. The molecule has 0 aromatic heterocycles. The van der Waals surface area contributed by atoms with Crippen LogP contribution in [0, 0.1) is 0 Å². The van der Waals surface area contributed by atoms with E-state index in [1.54, 1.807) is 41.3 Å². The molecule has 166 valence electrons. The number of carbonyl (C=O) groups excluding carboxylic acids is 1. The molecule has 0 saturated carbocycles. The van der Waals surface area contributed by atoms with Crippen LogP contribution in [0.1, 0.15) is 27.9 Å². The summed E-state index contributed by atoms with van der Waals surface area (Å²) in [6.07, 6.45) is -3.15. The summed E-state index contributed by atoms with van der Waals surface area (Å²) in [5, 5.41) is 0. The zero-order chi connectivity index (χ0) is 22.9. The maximum absolute atomic E-state index is 12.9. The summed E-state index contributed by atoms with van der Waals surface area (Å²) in [4.78, 5) is 14.3. The lowest BCUT2D eigenvalue weighted by molar-refractivity contribution is -0.137. The van der Waals surface area contributed by atoms with Gasteiger partial charge in [0.2, 0.25) is 0 Å². The second-order valence-corrected chi connectivity index (χ2v) is 9.08. The third kappa shape index (κ3) is 4.47. The van der Waals surface area contributed by atoms with Crippen molar-refractivity contribution in [1.82, 2.24) is 0 Å². The minimum Gasteiger partial charge on any atom is -0.308 e. The lowest BCUT2D eigenvalue weighted by Crippen LogP contribution is -2.35. The summed E-state index contributed by atoms with van der Waals surface area (Å²) in [6, 6.07) is 17.1. The van der Waals surface area contributed by atoms with Gasteiger partial charge in [0.05, 0.1) is 10.5 Å². The van der Waals surface area contributed by atoms with Gasteiger partial charge in [-0.25, -0.2) is 8.42 Å². The SMILES string of the molecule is O=C(c1ccccc1)N1CCCc2cc(NS(=O)(=O)c3ccc(C(F)(F)F)cc3)ccc21. The number of sulfonamides is 1. The number of carbonyl (C=O) groups is 1. The van der Waals surface area contributed by atoms with Gasteiger partial charge >= 0.3 is 6.18 Å². The standard InChI is InChI=1S/C23H19F3N2O3S/c24-23(25,26)18-8-11-20(12-9-18)32(30,31)27-19-10-13-21-17(15-19)7-4-14-28(21)22(29)16-5-2-1-3-6-16/h1-3,5-6,8-13,15,27H,4,7,14H2. The van der Waals surface area contributed by atoms with E-state index in [-0.39, 0.29) is 16.5 Å². The molecule has 0 spiro atoms. The van der Waals surface area contributed by atoms with Crippen molar-refractivity contribution >= 4 is 27.3 Å². The number of benzene rings is 3. The molecule has 9 heteroatoms. The molecule has 0 aliphatic carbocycles. The van der Waals surface area contributed by atoms with Gasteiger partial charge in [-0.2, -0.15) is 13.2 Å². The number of halogens is 3. The highest BCUT2D eigenvalue weighted by atomic mass is 32.2. The monoisotopic (exact) mass is 460 g/mol. The number of anilines is 2. The molecule has 0 saturated heterocycles. The first-order valence-corrected chi connectivity index (χ1v) is 11.3. The van der Waals surface area contributed by atoms with Gasteiger partial charge in [0.25, 0.3) is 15.9 Å². The van der Waals surface area contributed by atoms with Gasteiger partial charge in [-0.15, -0.1) is 0 Å². The maximum atomic E-state index is 12.9. The van der Waals surface area contributed by atoms with E-state index in [1.807, 2.05) is 6.07 Å². The predicted molar refractivity (Wildman–Crippen MR) is 115 cm³/mol. The first-order valence-electron chi connectivity index (χ1n) is 9.85. The van der Waals surface area contributed by atoms with Crippen LogP contribution in [0.25, 0.3) is 0 Å². The van der Waals surface area contributed by atoms with E-state index in [0.29, 0.717) is 24.2 Å². The number of amides is 1. The molecule has 3 aromatic carbocycles. The fourth-order valence-electron chi connectivity index (χ4n) is 3.65. The highest BCUT2D eigenvalue weighted by Gasteiger charge is 2.31. The fourth-order valence-corrected chi connectivity index (χ4v) is 4.69. The Morgan fingerprint density at radius 2 is 1.62 bits per heavy atom. The number of hydrogen-bond acceptors (Lipinski definition) is 3. The molecule has 0 radical (unpaired) electrons. The van der Waals surface area contributed by atoms with Gasteiger partial charge in [0.1, 0.15) is 0 Å². The van der Waals surface area contributed by atoms with Crippen molar-refractivity contribution in [2.24, 2.45) is 0 Å². The van der Waals surface area contributed by atoms with Crippen LogP contribution in [-0.2, 0) is 22.6 Å². The number of nitrogens with one attached hydrogen (secondary N) is 1. The first-order chi connectivity index (χ1) is 15.1. The van der Waals surface area contributed by atoms with Crippen molar-refractivity contribution in [3.63, 3.8) is 0 Å². The molecule has 1 aliphatic rings. The molecule has 32 heavy (non-hydrogen) atoms. The van der Waals surface area contributed by atoms with E-state index in [2.05, 4.69) is 4.72 Å². The lowest BCUT2D eigenvalue weighted by atomic mass is 10.00. The Kier molecular flexibility index (Phi) is 5.68. The van der Waals surface area contributed by atoms with Crippen molar-refractivity contribution in [3.05, 3.63) is 89.5 Å². The predicted octanol–water partition coefficient (Wildman–Crippen LogP) is 5.10. The molecule has 1 aliphatic heterocycles. The van der Waals surface area contributed by atoms with Crippen LogP contribution in [0.5, 0.6) is 0 Å². The zero-order valence-electron chi connectivity index (χ0n) is 16.8. The molecule has 1 heterocycles. The van der Waals surface area contributed by atoms with Crippen molar-refractivity contribution in [2.75, 3.05) is 16.2 Å². The quantitative estimate of drug-likeness (QED) is 0.589. The number of fused-ring (bicyclic) bond motifs is 1. The van der Waals surface area contributed by atoms with E-state index in [4.69, 9.17) is 0 Å². The van der Waals surface area contributed by atoms with Gasteiger partial charge in [-0.3, -0.25) is 9.52 Å². The van der Waals surface area contributed by atoms with Gasteiger partial charge in [0, 0.05) is 23.5 Å². The Morgan fingerprint density at radius 1 is 0.938 bits per heavy atom. The minimum atomic E-state index is -4.54. The van der Waals surface area contributed by atoms with Gasteiger partial charge < -0.3 is 4.90 Å². The van der Waals surface area contributed by atoms with Crippen molar-refractivity contribution < 1.29 is 26.4 Å². The summed E-state index contributed by atoms with van der Waals surface area (Å²) in [7, 11) is -4.07. The number of alkyl halides is 3. The van der Waals surface area contributed by atoms with Crippen LogP contribution in [0.15, 0.2) is 77.7 Å². The first kappa shape index (κ1) is 21.9. The lowest BCUT2D eigenvalue weighted by Gasteiger charge is -2.30. The van der Waals surface area contributed by atoms with E-state index in [0.717, 1.165) is 36.2 Å². The molecule has 0 unspecified atom stereocenters. The molecule has 0 bridgehead atoms. The van der Waals surface area contributed by atoms with Crippen LogP contribution in [0.2, 0.25) is 0 Å². The summed E-state index contributed by atoms with van der Waals surface area (Å²) < 4.78 is 65.8. The number of aryl methyl sites for hydroxylation is 1. The second-order valence-electron chi connectivity index (χ2n) is 7.40. The Bertz CT molecular complexity index is 1240. The summed E-state index contributed by atoms with van der Waals surface area (Å²) in [6.45, 7) is 0.553. The molecule has 1 N–H and O–H groups in total. The number of rotatable bonds is 4. The van der Waals surface area contributed by atoms with E-state index >= 15 is 0 Å². The Balaban J connectivity index is 1.57. The third-order valence-electron chi connectivity index (χ3n) is 5.21. The maximum Gasteiger partial charge on any atom is 0.416 e. The minimum absolute atomic E-state index is 0.135. The van der Waals surface area contributed by atoms with Crippen LogP contribution in [0.4, 0.5) is 24.5 Å². The molecule has 3 aromatic rings. The van der Waals surface area contributed by atoms with Crippen LogP contribution in [-0.4, -0.2) is 20.9 Å². The van der Waals surface area contributed by atoms with Crippen molar-refractivity contribution in [2.45, 2.75) is 23.9 Å². The van der Waals surface area contributed by atoms with E-state index in [9.17, 15) is 26.4 Å². The van der Waals surface area contributed by atoms with E-state index in [1.165, 1.54) is 6.07 Å². The largest absolute Gasteiger partial charge is 0.416 e. The zero-order valence-corrected chi connectivity index (χ0v) is 17.6. The topological polar surface area (TPSA) is 66.5 Å². The number of hydrogen-bond donors (Lipinski definition) is 1. The molecule has 1 amide bonds. The Labute approximate surface area is 183 Å². The smallest absolute Gasteiger partial charge is 0.308 e. The van der Waals surface area contributed by atoms with Crippen molar-refractivity contribution in [3.8, 4) is 0 Å². The van der Waals surface area contributed by atoms with Crippen LogP contribution in [0.3, 0.4) is 0 Å². The average molecular weight is 460 g/mol. The highest BCUT2D eigenvalue weighted by Crippen LogP contribution is 2.32. The molecular formula is C23H19F3N2O3S. The number of nitrogens with zero attached hydrogens (tertiary/aromatic N) is 1. The molecule has 0 atom stereocenters. The summed E-state index contributed by atoms with van der Waals surface area (Å²) in [5.41, 5.74) is 1.44. The summed E-state index contributed by atoms with van der Waals surface area (Å²) >= 11 is 0. The molecule has 0 fully saturated rings. The second kappa shape index (κ2) is 8.31. The molecular weight excluding hydrogens is 441 g/mol. The third-order valence-corrected chi connectivity index (χ3v) is 6.61. The highest BCUT2D eigenvalue weighted by molar-refractivity contribution is 7.92. The molecule has 4 rings (SSSR count). The van der Waals surface area contributed by atoms with Crippen LogP contribution < -0.4 is 9.62 Å².